The molecule has 0 amide bonds. The summed E-state index contributed by atoms with van der Waals surface area (Å²) >= 11 is 0. The first-order chi connectivity index (χ1) is 18.6. The molecule has 4 aromatic rings. The summed E-state index contributed by atoms with van der Waals surface area (Å²) in [7, 11) is 0. The predicted octanol–water partition coefficient (Wildman–Crippen LogP) is 7.40. The van der Waals surface area contributed by atoms with Crippen LogP contribution in [0, 0.1) is 12.4 Å². The largest absolute Gasteiger partial charge is 2.00 e. The van der Waals surface area contributed by atoms with Gasteiger partial charge in [0.05, 0.1) is 23.0 Å². The first-order valence-electron chi connectivity index (χ1n) is 12.7. The Morgan fingerprint density at radius 3 is 1.14 bits per heavy atom. The Kier molecular flexibility index (Phi) is 8.71. The third kappa shape index (κ3) is 6.96. The van der Waals surface area contributed by atoms with Crippen molar-refractivity contribution in [1.82, 2.24) is 29.5 Å². The normalized spacial score (nSPS) is 13.3. The van der Waals surface area contributed by atoms with E-state index in [1.807, 2.05) is 67.5 Å². The van der Waals surface area contributed by atoms with Gasteiger partial charge in [-0.3, -0.25) is 20.2 Å². The first-order valence-corrected chi connectivity index (χ1v) is 12.7. The molecule has 0 unspecified atom stereocenters. The summed E-state index contributed by atoms with van der Waals surface area (Å²) in [5.74, 6) is 0.275. The molecule has 0 N–H and O–H groups in total. The minimum Gasteiger partial charge on any atom is -0.343 e. The second-order valence-corrected chi connectivity index (χ2v) is 12.5. The van der Waals surface area contributed by atoms with Crippen LogP contribution >= 0.6 is 0 Å². The van der Waals surface area contributed by atoms with E-state index < -0.39 is 40.0 Å². The number of aromatic nitrogens is 6. The van der Waals surface area contributed by atoms with Crippen molar-refractivity contribution in [3.05, 3.63) is 82.7 Å². The second kappa shape index (κ2) is 10.9. The molecule has 4 aromatic heterocycles. The van der Waals surface area contributed by atoms with Crippen LogP contribution in [0.25, 0.3) is 11.6 Å². The van der Waals surface area contributed by atoms with Crippen molar-refractivity contribution in [3.63, 3.8) is 0 Å². The van der Waals surface area contributed by atoms with Gasteiger partial charge in [0.25, 0.3) is 0 Å². The zero-order valence-corrected chi connectivity index (χ0v) is 26.5. The molecule has 4 rings (SSSR count). The zero-order valence-electron chi connectivity index (χ0n) is 24.2. The Morgan fingerprint density at radius 2 is 0.881 bits per heavy atom. The molecule has 0 bridgehead atoms. The molecule has 0 fully saturated rings. The molecule has 0 spiro atoms. The van der Waals surface area contributed by atoms with Gasteiger partial charge in [-0.05, 0) is 47.9 Å². The smallest absolute Gasteiger partial charge is 0.343 e. The van der Waals surface area contributed by atoms with Gasteiger partial charge in [-0.15, -0.1) is 12.1 Å². The summed E-state index contributed by atoms with van der Waals surface area (Å²) in [6.45, 7) is 15.4. The maximum absolute atomic E-state index is 13.3. The fourth-order valence-corrected chi connectivity index (χ4v) is 3.97. The molecule has 0 atom stereocenters. The van der Waals surface area contributed by atoms with E-state index in [4.69, 9.17) is 0 Å². The van der Waals surface area contributed by atoms with Crippen LogP contribution in [0.3, 0.4) is 0 Å². The molecule has 0 aromatic carbocycles. The fraction of sp³-hybridized carbons (Fsp3) is 0.448. The van der Waals surface area contributed by atoms with Crippen molar-refractivity contribution >= 4 is 0 Å². The Hall–Kier alpha value is -3.01. The number of rotatable bonds is 4. The van der Waals surface area contributed by atoms with Crippen molar-refractivity contribution in [1.29, 1.82) is 0 Å². The quantitative estimate of drug-likeness (QED) is 0.160. The van der Waals surface area contributed by atoms with E-state index >= 15 is 0 Å². The van der Waals surface area contributed by atoms with Crippen LogP contribution in [-0.2, 0) is 49.7 Å². The summed E-state index contributed by atoms with van der Waals surface area (Å²) in [5.41, 5.74) is -1.45. The van der Waals surface area contributed by atoms with Gasteiger partial charge in [0, 0.05) is 16.8 Å². The average Bonchev–Trinajstić information content (AvgIpc) is 3.53. The van der Waals surface area contributed by atoms with Gasteiger partial charge in [-0.1, -0.05) is 66.1 Å². The standard InChI is InChI=1S/C29H30F6N6.Pt/c1-25(2,3)17-13-21(36-23(15-17)40-11-9-19(38-40)28(30,31)32)27(7,8)22-14-18(26(4,5)6)16-24(37-22)41-12-10-20(39-41)29(33,34)35;/h9-10,13-16H,1-8H3;/q-2;+2. The van der Waals surface area contributed by atoms with Gasteiger partial charge in [0.15, 0.2) is 0 Å². The van der Waals surface area contributed by atoms with Crippen molar-refractivity contribution in [2.45, 2.75) is 84.0 Å². The van der Waals surface area contributed by atoms with Gasteiger partial charge in [-0.25, -0.2) is 0 Å². The van der Waals surface area contributed by atoms with E-state index in [0.717, 1.165) is 32.6 Å². The monoisotopic (exact) mass is 771 g/mol. The number of hydrogen-bond donors (Lipinski definition) is 0. The van der Waals surface area contributed by atoms with Crippen LogP contribution in [0.5, 0.6) is 0 Å². The van der Waals surface area contributed by atoms with Crippen molar-refractivity contribution in [3.8, 4) is 11.6 Å². The van der Waals surface area contributed by atoms with E-state index in [0.29, 0.717) is 11.4 Å². The van der Waals surface area contributed by atoms with Crippen LogP contribution in [0.2, 0.25) is 0 Å². The number of halogens is 6. The first kappa shape index (κ1) is 33.5. The molecular weight excluding hydrogens is 741 g/mol. The second-order valence-electron chi connectivity index (χ2n) is 12.5. The molecule has 4 heterocycles. The Morgan fingerprint density at radius 1 is 0.548 bits per heavy atom. The zero-order chi connectivity index (χ0) is 30.8. The molecule has 42 heavy (non-hydrogen) atoms. The van der Waals surface area contributed by atoms with Crippen LogP contribution in [-0.4, -0.2) is 29.5 Å². The fourth-order valence-electron chi connectivity index (χ4n) is 3.97. The summed E-state index contributed by atoms with van der Waals surface area (Å²) in [5, 5.41) is 7.29. The topological polar surface area (TPSA) is 61.4 Å². The number of pyridine rings is 2. The van der Waals surface area contributed by atoms with E-state index in [1.54, 1.807) is 12.1 Å². The van der Waals surface area contributed by atoms with E-state index in [-0.39, 0.29) is 32.7 Å². The molecule has 0 saturated carbocycles. The molecule has 0 aliphatic heterocycles. The maximum atomic E-state index is 13.3. The third-order valence-corrected chi connectivity index (χ3v) is 6.71. The molecular formula is C29H30F6N6Pt. The van der Waals surface area contributed by atoms with E-state index in [9.17, 15) is 26.3 Å². The molecule has 0 saturated heterocycles. The number of hydrogen-bond acceptors (Lipinski definition) is 4. The molecule has 6 nitrogen and oxygen atoms in total. The van der Waals surface area contributed by atoms with Gasteiger partial charge in [0.2, 0.25) is 0 Å². The van der Waals surface area contributed by atoms with Crippen LogP contribution in [0.1, 0.15) is 89.3 Å². The minimum absolute atomic E-state index is 0. The average molecular weight is 772 g/mol. The Labute approximate surface area is 254 Å². The van der Waals surface area contributed by atoms with Crippen molar-refractivity contribution < 1.29 is 47.4 Å². The van der Waals surface area contributed by atoms with E-state index in [2.05, 4.69) is 32.6 Å². The molecule has 0 radical (unpaired) electrons. The maximum Gasteiger partial charge on any atom is 2.00 e. The van der Waals surface area contributed by atoms with Gasteiger partial charge < -0.3 is 9.36 Å². The SMILES string of the molecule is CC(C)(C)c1cc(-n2[c-]cc(C(F)(F)F)n2)nc(C(C)(C)c2cc(C(C)(C)C)cc(-n3[c-]cc(C(F)(F)F)n3)n2)c1.[Pt+2]. The summed E-state index contributed by atoms with van der Waals surface area (Å²) in [6, 6.07) is 8.53. The molecule has 228 valence electrons. The number of nitrogens with zero attached hydrogens (tertiary/aromatic N) is 6. The van der Waals surface area contributed by atoms with Gasteiger partial charge >= 0.3 is 33.4 Å². The molecule has 13 heteroatoms. The van der Waals surface area contributed by atoms with Gasteiger partial charge in [-0.2, -0.15) is 26.3 Å². The predicted molar refractivity (Wildman–Crippen MR) is 140 cm³/mol. The Balaban J connectivity index is 0.00000484. The summed E-state index contributed by atoms with van der Waals surface area (Å²) in [4.78, 5) is 9.35. The van der Waals surface area contributed by atoms with Crippen LogP contribution in [0.4, 0.5) is 26.3 Å². The summed E-state index contributed by atoms with van der Waals surface area (Å²) < 4.78 is 81.5. The van der Waals surface area contributed by atoms with Crippen LogP contribution in [0.15, 0.2) is 36.4 Å². The third-order valence-electron chi connectivity index (χ3n) is 6.71. The molecule has 0 aliphatic rings. The molecule has 0 aliphatic carbocycles. The van der Waals surface area contributed by atoms with Crippen LogP contribution < -0.4 is 0 Å². The van der Waals surface area contributed by atoms with E-state index in [1.165, 1.54) is 0 Å². The van der Waals surface area contributed by atoms with Gasteiger partial charge in [0.1, 0.15) is 0 Å². The van der Waals surface area contributed by atoms with Crippen molar-refractivity contribution in [2.75, 3.05) is 0 Å². The summed E-state index contributed by atoms with van der Waals surface area (Å²) in [6.07, 6.45) is -4.29. The Bertz CT molecular complexity index is 1450. The number of alkyl halides is 6. The van der Waals surface area contributed by atoms with Crippen molar-refractivity contribution in [2.24, 2.45) is 0 Å². The minimum atomic E-state index is -4.64.